The van der Waals surface area contributed by atoms with Gasteiger partial charge in [-0.3, -0.25) is 4.79 Å². The van der Waals surface area contributed by atoms with Crippen LogP contribution in [-0.2, 0) is 0 Å². The maximum absolute atomic E-state index is 10.7. The molecule has 1 atom stereocenters. The smallest absolute Gasteiger partial charge is 0.290 e. The Morgan fingerprint density at radius 1 is 1.64 bits per heavy atom. The van der Waals surface area contributed by atoms with E-state index < -0.39 is 5.91 Å². The second kappa shape index (κ2) is 3.75. The van der Waals surface area contributed by atoms with Crippen LogP contribution in [0.2, 0.25) is 0 Å². The van der Waals surface area contributed by atoms with Crippen molar-refractivity contribution in [2.45, 2.75) is 18.8 Å². The van der Waals surface area contributed by atoms with Gasteiger partial charge in [0.25, 0.3) is 11.7 Å². The molecule has 1 aliphatic heterocycles. The number of hydrogen-bond acceptors (Lipinski definition) is 5. The summed E-state index contributed by atoms with van der Waals surface area (Å²) in [6.07, 6.45) is 2.09. The first kappa shape index (κ1) is 9.14. The van der Waals surface area contributed by atoms with Crippen molar-refractivity contribution < 1.29 is 9.32 Å². The van der Waals surface area contributed by atoms with Crippen LogP contribution < -0.4 is 11.1 Å². The normalized spacial score (nSPS) is 22.1. The highest BCUT2D eigenvalue weighted by atomic mass is 16.5. The molecule has 3 N–H and O–H groups in total. The van der Waals surface area contributed by atoms with Crippen molar-refractivity contribution in [3.63, 3.8) is 0 Å². The molecule has 0 saturated carbocycles. The van der Waals surface area contributed by atoms with Crippen LogP contribution in [0.3, 0.4) is 0 Å². The summed E-state index contributed by atoms with van der Waals surface area (Å²) in [4.78, 5) is 14.7. The highest BCUT2D eigenvalue weighted by Crippen LogP contribution is 2.20. The van der Waals surface area contributed by atoms with Gasteiger partial charge in [0.2, 0.25) is 5.89 Å². The molecule has 0 radical (unpaired) electrons. The summed E-state index contributed by atoms with van der Waals surface area (Å²) in [5.74, 6) is 0.0321. The predicted molar refractivity (Wildman–Crippen MR) is 47.7 cm³/mol. The lowest BCUT2D eigenvalue weighted by Crippen LogP contribution is -2.28. The van der Waals surface area contributed by atoms with Gasteiger partial charge in [0.1, 0.15) is 0 Å². The van der Waals surface area contributed by atoms with E-state index in [0.29, 0.717) is 5.89 Å². The van der Waals surface area contributed by atoms with Crippen LogP contribution in [0.5, 0.6) is 0 Å². The molecule has 0 aliphatic carbocycles. The summed E-state index contributed by atoms with van der Waals surface area (Å²) in [6.45, 7) is 1.84. The zero-order valence-corrected chi connectivity index (χ0v) is 7.69. The number of primary amides is 1. The highest BCUT2D eigenvalue weighted by Gasteiger charge is 2.22. The summed E-state index contributed by atoms with van der Waals surface area (Å²) >= 11 is 0. The third-order valence-electron chi connectivity index (χ3n) is 2.31. The second-order valence-electron chi connectivity index (χ2n) is 3.36. The van der Waals surface area contributed by atoms with Crippen molar-refractivity contribution in [3.05, 3.63) is 11.7 Å². The Morgan fingerprint density at radius 3 is 3.07 bits per heavy atom. The molecule has 2 rings (SSSR count). The molecular formula is C8H12N4O2. The number of nitrogens with zero attached hydrogens (tertiary/aromatic N) is 2. The van der Waals surface area contributed by atoms with Gasteiger partial charge in [-0.2, -0.15) is 4.98 Å². The van der Waals surface area contributed by atoms with E-state index >= 15 is 0 Å². The van der Waals surface area contributed by atoms with E-state index in [2.05, 4.69) is 15.5 Å². The van der Waals surface area contributed by atoms with Gasteiger partial charge in [0.15, 0.2) is 0 Å². The number of carbonyl (C=O) groups excluding carboxylic acids is 1. The quantitative estimate of drug-likeness (QED) is 0.673. The maximum Gasteiger partial charge on any atom is 0.290 e. The van der Waals surface area contributed by atoms with E-state index in [-0.39, 0.29) is 11.7 Å². The van der Waals surface area contributed by atoms with Crippen molar-refractivity contribution in [1.29, 1.82) is 0 Å². The number of amides is 1. The number of carbonyl (C=O) groups is 1. The Labute approximate surface area is 80.9 Å². The molecule has 1 fully saturated rings. The van der Waals surface area contributed by atoms with Crippen LogP contribution in [0.4, 0.5) is 0 Å². The first-order valence-electron chi connectivity index (χ1n) is 4.61. The zero-order chi connectivity index (χ0) is 9.97. The lowest BCUT2D eigenvalue weighted by molar-refractivity contribution is 0.0987. The minimum atomic E-state index is -0.649. The van der Waals surface area contributed by atoms with Crippen molar-refractivity contribution in [3.8, 4) is 0 Å². The van der Waals surface area contributed by atoms with Gasteiger partial charge < -0.3 is 15.6 Å². The Balaban J connectivity index is 2.11. The first-order valence-corrected chi connectivity index (χ1v) is 4.61. The second-order valence-corrected chi connectivity index (χ2v) is 3.36. The summed E-state index contributed by atoms with van der Waals surface area (Å²) in [6, 6.07) is 0. The molecule has 6 nitrogen and oxygen atoms in total. The van der Waals surface area contributed by atoms with Crippen LogP contribution in [0.1, 0.15) is 35.3 Å². The fraction of sp³-hybridized carbons (Fsp3) is 0.625. The molecule has 1 aromatic heterocycles. The van der Waals surface area contributed by atoms with Gasteiger partial charge in [-0.05, 0) is 19.4 Å². The molecule has 2 heterocycles. The number of rotatable bonds is 2. The average Bonchev–Trinajstić information content (AvgIpc) is 2.68. The first-order chi connectivity index (χ1) is 6.77. The van der Waals surface area contributed by atoms with Crippen LogP contribution in [0.15, 0.2) is 4.52 Å². The third kappa shape index (κ3) is 1.74. The molecule has 0 unspecified atom stereocenters. The number of nitrogens with one attached hydrogen (secondary N) is 1. The molecule has 0 spiro atoms. The molecule has 14 heavy (non-hydrogen) atoms. The van der Waals surface area contributed by atoms with Crippen LogP contribution in [-0.4, -0.2) is 29.1 Å². The standard InChI is InChI=1S/C8H12N4O2/c9-6(13)7-11-8(14-12-7)5-2-1-3-10-4-5/h5,10H,1-4H2,(H2,9,13)/t5-/m0/s1. The topological polar surface area (TPSA) is 94.0 Å². The summed E-state index contributed by atoms with van der Waals surface area (Å²) in [7, 11) is 0. The molecule has 6 heteroatoms. The fourth-order valence-electron chi connectivity index (χ4n) is 1.56. The molecular weight excluding hydrogens is 184 g/mol. The van der Waals surface area contributed by atoms with Crippen molar-refractivity contribution in [1.82, 2.24) is 15.5 Å². The maximum atomic E-state index is 10.7. The molecule has 0 bridgehead atoms. The molecule has 1 aromatic rings. The van der Waals surface area contributed by atoms with Gasteiger partial charge in [-0.25, -0.2) is 0 Å². The van der Waals surface area contributed by atoms with E-state index in [1.165, 1.54) is 0 Å². The monoisotopic (exact) mass is 196 g/mol. The van der Waals surface area contributed by atoms with Gasteiger partial charge in [0.05, 0.1) is 5.92 Å². The Bertz CT molecular complexity index is 330. The zero-order valence-electron chi connectivity index (χ0n) is 7.69. The van der Waals surface area contributed by atoms with E-state index in [9.17, 15) is 4.79 Å². The summed E-state index contributed by atoms with van der Waals surface area (Å²) in [5.41, 5.74) is 5.02. The number of aromatic nitrogens is 2. The van der Waals surface area contributed by atoms with E-state index in [4.69, 9.17) is 10.3 Å². The van der Waals surface area contributed by atoms with Gasteiger partial charge in [-0.15, -0.1) is 0 Å². The minimum absolute atomic E-state index is 0.0365. The predicted octanol–water partition coefficient (Wildman–Crippen LogP) is -0.365. The Morgan fingerprint density at radius 2 is 2.50 bits per heavy atom. The number of piperidine rings is 1. The largest absolute Gasteiger partial charge is 0.363 e. The van der Waals surface area contributed by atoms with Gasteiger partial charge >= 0.3 is 0 Å². The van der Waals surface area contributed by atoms with Crippen LogP contribution in [0, 0.1) is 0 Å². The minimum Gasteiger partial charge on any atom is -0.363 e. The highest BCUT2D eigenvalue weighted by molar-refractivity contribution is 5.88. The van der Waals surface area contributed by atoms with E-state index in [1.807, 2.05) is 0 Å². The molecule has 0 aromatic carbocycles. The third-order valence-corrected chi connectivity index (χ3v) is 2.31. The number of hydrogen-bond donors (Lipinski definition) is 2. The summed E-state index contributed by atoms with van der Waals surface area (Å²) < 4.78 is 4.96. The van der Waals surface area contributed by atoms with Crippen molar-refractivity contribution in [2.24, 2.45) is 5.73 Å². The Hall–Kier alpha value is -1.43. The lowest BCUT2D eigenvalue weighted by atomic mass is 10.00. The molecule has 1 amide bonds. The van der Waals surface area contributed by atoms with Gasteiger partial charge in [-0.1, -0.05) is 5.16 Å². The molecule has 1 saturated heterocycles. The van der Waals surface area contributed by atoms with Crippen LogP contribution >= 0.6 is 0 Å². The summed E-state index contributed by atoms with van der Waals surface area (Å²) in [5, 5.41) is 6.73. The Kier molecular flexibility index (Phi) is 2.45. The van der Waals surface area contributed by atoms with Gasteiger partial charge in [0, 0.05) is 6.54 Å². The van der Waals surface area contributed by atoms with E-state index in [1.54, 1.807) is 0 Å². The van der Waals surface area contributed by atoms with E-state index in [0.717, 1.165) is 25.9 Å². The van der Waals surface area contributed by atoms with Crippen molar-refractivity contribution in [2.75, 3.05) is 13.1 Å². The SMILES string of the molecule is NC(=O)c1noc([C@H]2CCCNC2)n1. The lowest BCUT2D eigenvalue weighted by Gasteiger charge is -2.18. The molecule has 1 aliphatic rings. The fourth-order valence-corrected chi connectivity index (χ4v) is 1.56. The van der Waals surface area contributed by atoms with Crippen LogP contribution in [0.25, 0.3) is 0 Å². The molecule has 76 valence electrons. The average molecular weight is 196 g/mol. The number of nitrogens with two attached hydrogens (primary N) is 1. The van der Waals surface area contributed by atoms with Crippen molar-refractivity contribution >= 4 is 5.91 Å².